The molecular weight excluding hydrogens is 280 g/mol. The Morgan fingerprint density at radius 3 is 2.30 bits per heavy atom. The second kappa shape index (κ2) is 6.44. The molecule has 0 aliphatic carbocycles. The molecule has 0 saturated heterocycles. The van der Waals surface area contributed by atoms with Crippen LogP contribution in [0.15, 0.2) is 48.4 Å². The van der Waals surface area contributed by atoms with Crippen LogP contribution in [-0.2, 0) is 10.0 Å². The van der Waals surface area contributed by atoms with Gasteiger partial charge in [0.1, 0.15) is 0 Å². The first-order valence-electron chi connectivity index (χ1n) is 5.81. The molecule has 0 fully saturated rings. The number of benzene rings is 1. The monoisotopic (exact) mass is 296 g/mol. The van der Waals surface area contributed by atoms with E-state index >= 15 is 0 Å². The van der Waals surface area contributed by atoms with Crippen LogP contribution in [0.25, 0.3) is 0 Å². The van der Waals surface area contributed by atoms with Crippen molar-refractivity contribution in [3.8, 4) is 0 Å². The number of rotatable bonds is 7. The van der Waals surface area contributed by atoms with Crippen molar-refractivity contribution in [3.05, 3.63) is 59.2 Å². The minimum atomic E-state index is -3.81. The lowest BCUT2D eigenvalue weighted by molar-refractivity contribution is -0.385. The lowest BCUT2D eigenvalue weighted by atomic mass is 10.2. The van der Waals surface area contributed by atoms with Gasteiger partial charge in [0.2, 0.25) is 10.0 Å². The number of hydrogen-bond donors (Lipinski definition) is 0. The summed E-state index contributed by atoms with van der Waals surface area (Å²) < 4.78 is 26.0. The molecule has 0 aliphatic rings. The van der Waals surface area contributed by atoms with Gasteiger partial charge in [-0.25, -0.2) is 8.42 Å². The first-order chi connectivity index (χ1) is 9.34. The lowest BCUT2D eigenvalue weighted by Crippen LogP contribution is -2.31. The predicted octanol–water partition coefficient (Wildman–Crippen LogP) is 2.27. The maximum atomic E-state index is 12.4. The number of nitro groups is 1. The van der Waals surface area contributed by atoms with Crippen LogP contribution < -0.4 is 0 Å². The Balaban J connectivity index is 3.33. The molecule has 0 bridgehead atoms. The molecule has 20 heavy (non-hydrogen) atoms. The van der Waals surface area contributed by atoms with Crippen LogP contribution >= 0.6 is 0 Å². The molecule has 0 spiro atoms. The molecule has 6 nitrogen and oxygen atoms in total. The third kappa shape index (κ3) is 3.31. The average Bonchev–Trinajstić information content (AvgIpc) is 2.38. The summed E-state index contributed by atoms with van der Waals surface area (Å²) in [7, 11) is -3.81. The van der Waals surface area contributed by atoms with Gasteiger partial charge < -0.3 is 0 Å². The number of nitrogens with zero attached hydrogens (tertiary/aromatic N) is 2. The maximum absolute atomic E-state index is 12.4. The Kier molecular flexibility index (Phi) is 5.18. The van der Waals surface area contributed by atoms with Gasteiger partial charge in [-0.05, 0) is 13.0 Å². The van der Waals surface area contributed by atoms with Crippen LogP contribution in [0.4, 0.5) is 5.69 Å². The summed E-state index contributed by atoms with van der Waals surface area (Å²) in [6, 6.07) is 3.85. The molecule has 0 unspecified atom stereocenters. The van der Waals surface area contributed by atoms with E-state index in [2.05, 4.69) is 13.2 Å². The van der Waals surface area contributed by atoms with Crippen LogP contribution in [0, 0.1) is 17.0 Å². The Morgan fingerprint density at radius 1 is 1.30 bits per heavy atom. The van der Waals surface area contributed by atoms with Crippen LogP contribution in [0.5, 0.6) is 0 Å². The molecule has 0 aliphatic heterocycles. The van der Waals surface area contributed by atoms with Crippen molar-refractivity contribution in [2.75, 3.05) is 13.1 Å². The Bertz CT molecular complexity index is 628. The number of sulfonamides is 1. The maximum Gasteiger partial charge on any atom is 0.273 e. The van der Waals surface area contributed by atoms with Crippen molar-refractivity contribution in [2.45, 2.75) is 11.8 Å². The van der Waals surface area contributed by atoms with E-state index in [0.29, 0.717) is 5.56 Å². The van der Waals surface area contributed by atoms with Crippen LogP contribution in [0.1, 0.15) is 5.56 Å². The first kappa shape index (κ1) is 16.1. The minimum absolute atomic E-state index is 0.107. The summed E-state index contributed by atoms with van der Waals surface area (Å²) in [5.41, 5.74) is 0.191. The normalized spacial score (nSPS) is 11.3. The Hall–Kier alpha value is -1.99. The molecule has 0 aromatic heterocycles. The van der Waals surface area contributed by atoms with Crippen LogP contribution in [0.2, 0.25) is 0 Å². The van der Waals surface area contributed by atoms with Gasteiger partial charge in [-0.15, -0.1) is 13.2 Å². The molecule has 0 heterocycles. The molecule has 0 radical (unpaired) electrons. The standard InChI is InChI=1S/C13H16N2O4S/c1-4-8-14(9-5-2)20(18,19)12-7-6-11(3)13(10-12)15(16)17/h4-7,10H,1-2,8-9H2,3H3. The van der Waals surface area contributed by atoms with Gasteiger partial charge in [0.15, 0.2) is 0 Å². The number of aryl methyl sites for hydroxylation is 1. The first-order valence-corrected chi connectivity index (χ1v) is 7.25. The second-order valence-corrected chi connectivity index (χ2v) is 6.04. The molecule has 1 aromatic rings. The molecular formula is C13H16N2O4S. The van der Waals surface area contributed by atoms with E-state index < -0.39 is 14.9 Å². The lowest BCUT2D eigenvalue weighted by Gasteiger charge is -2.19. The minimum Gasteiger partial charge on any atom is -0.258 e. The van der Waals surface area contributed by atoms with Crippen molar-refractivity contribution in [1.29, 1.82) is 0 Å². The van der Waals surface area contributed by atoms with Crippen molar-refractivity contribution in [2.24, 2.45) is 0 Å². The zero-order valence-electron chi connectivity index (χ0n) is 11.2. The van der Waals surface area contributed by atoms with Gasteiger partial charge in [0.05, 0.1) is 9.82 Å². The molecule has 0 atom stereocenters. The summed E-state index contributed by atoms with van der Waals surface area (Å²) in [5.74, 6) is 0. The van der Waals surface area contributed by atoms with Gasteiger partial charge >= 0.3 is 0 Å². The van der Waals surface area contributed by atoms with Gasteiger partial charge in [-0.1, -0.05) is 18.2 Å². The third-order valence-electron chi connectivity index (χ3n) is 2.68. The predicted molar refractivity (Wildman–Crippen MR) is 77.0 cm³/mol. The fourth-order valence-electron chi connectivity index (χ4n) is 1.65. The van der Waals surface area contributed by atoms with E-state index in [1.807, 2.05) is 0 Å². The van der Waals surface area contributed by atoms with E-state index in [1.165, 1.54) is 24.3 Å². The fraction of sp³-hybridized carbons (Fsp3) is 0.231. The fourth-order valence-corrected chi connectivity index (χ4v) is 3.06. The SMILES string of the molecule is C=CCN(CC=C)S(=O)(=O)c1ccc(C)c([N+](=O)[O-])c1. The zero-order valence-corrected chi connectivity index (χ0v) is 12.0. The molecule has 0 saturated carbocycles. The average molecular weight is 296 g/mol. The molecule has 0 amide bonds. The van der Waals surface area contributed by atoms with Gasteiger partial charge in [-0.2, -0.15) is 4.31 Å². The van der Waals surface area contributed by atoms with E-state index in [9.17, 15) is 18.5 Å². The summed E-state index contributed by atoms with van der Waals surface area (Å²) in [6.45, 7) is 8.77. The Labute approximate surface area is 118 Å². The quantitative estimate of drug-likeness (QED) is 0.439. The van der Waals surface area contributed by atoms with Crippen LogP contribution in [-0.4, -0.2) is 30.7 Å². The van der Waals surface area contributed by atoms with E-state index in [0.717, 1.165) is 10.4 Å². The van der Waals surface area contributed by atoms with Gasteiger partial charge in [0, 0.05) is 24.7 Å². The molecule has 1 rings (SSSR count). The van der Waals surface area contributed by atoms with Crippen molar-refractivity contribution >= 4 is 15.7 Å². The topological polar surface area (TPSA) is 80.5 Å². The molecule has 0 N–H and O–H groups in total. The highest BCUT2D eigenvalue weighted by atomic mass is 32.2. The summed E-state index contributed by atoms with van der Waals surface area (Å²) >= 11 is 0. The highest BCUT2D eigenvalue weighted by molar-refractivity contribution is 7.89. The van der Waals surface area contributed by atoms with Crippen molar-refractivity contribution < 1.29 is 13.3 Å². The second-order valence-electron chi connectivity index (χ2n) is 4.10. The highest BCUT2D eigenvalue weighted by Gasteiger charge is 2.25. The van der Waals surface area contributed by atoms with Crippen LogP contribution in [0.3, 0.4) is 0 Å². The summed E-state index contributed by atoms with van der Waals surface area (Å²) in [4.78, 5) is 10.2. The smallest absolute Gasteiger partial charge is 0.258 e. The van der Waals surface area contributed by atoms with Crippen molar-refractivity contribution in [1.82, 2.24) is 4.31 Å². The van der Waals surface area contributed by atoms with Gasteiger partial charge in [-0.3, -0.25) is 10.1 Å². The summed E-state index contributed by atoms with van der Waals surface area (Å²) in [6.07, 6.45) is 2.90. The van der Waals surface area contributed by atoms with E-state index in [4.69, 9.17) is 0 Å². The van der Waals surface area contributed by atoms with Crippen molar-refractivity contribution in [3.63, 3.8) is 0 Å². The van der Waals surface area contributed by atoms with E-state index in [-0.39, 0.29) is 23.7 Å². The number of hydrogen-bond acceptors (Lipinski definition) is 4. The largest absolute Gasteiger partial charge is 0.273 e. The molecule has 108 valence electrons. The molecule has 1 aromatic carbocycles. The number of nitro benzene ring substituents is 1. The Morgan fingerprint density at radius 2 is 1.85 bits per heavy atom. The summed E-state index contributed by atoms with van der Waals surface area (Å²) in [5, 5.41) is 10.9. The highest BCUT2D eigenvalue weighted by Crippen LogP contribution is 2.24. The zero-order chi connectivity index (χ0) is 15.3. The molecule has 7 heteroatoms. The van der Waals surface area contributed by atoms with E-state index in [1.54, 1.807) is 6.92 Å². The van der Waals surface area contributed by atoms with Gasteiger partial charge in [0.25, 0.3) is 5.69 Å². The third-order valence-corrected chi connectivity index (χ3v) is 4.51.